The fraction of sp³-hybridized carbons (Fsp3) is 0.308. The minimum atomic E-state index is -0.531. The van der Waals surface area contributed by atoms with E-state index in [4.69, 9.17) is 4.74 Å². The van der Waals surface area contributed by atoms with Gasteiger partial charge in [0.15, 0.2) is 5.69 Å². The highest BCUT2D eigenvalue weighted by Crippen LogP contribution is 2.13. The molecule has 0 N–H and O–H groups in total. The molecule has 5 heteroatoms. The Morgan fingerprint density at radius 2 is 2.00 bits per heavy atom. The number of nitrogens with zero attached hydrogens (tertiary/aromatic N) is 2. The van der Waals surface area contributed by atoms with E-state index in [9.17, 15) is 9.59 Å². The Bertz CT molecular complexity index is 646. The smallest absolute Gasteiger partial charge is 0.359 e. The van der Waals surface area contributed by atoms with E-state index in [0.29, 0.717) is 17.3 Å². The standard InChI is InChI=1S/C13H14N2O3/c1-3-8-15-12(16)10-7-5-4-6-9(10)11(14-15)13(17)18-2/h4-7H,3,8H2,1-2H3. The summed E-state index contributed by atoms with van der Waals surface area (Å²) >= 11 is 0. The van der Waals surface area contributed by atoms with Gasteiger partial charge in [-0.2, -0.15) is 5.10 Å². The van der Waals surface area contributed by atoms with Crippen LogP contribution in [0.3, 0.4) is 0 Å². The highest BCUT2D eigenvalue weighted by atomic mass is 16.5. The van der Waals surface area contributed by atoms with Crippen LogP contribution in [0.4, 0.5) is 0 Å². The van der Waals surface area contributed by atoms with Crippen LogP contribution in [-0.4, -0.2) is 22.9 Å². The molecular weight excluding hydrogens is 232 g/mol. The maximum absolute atomic E-state index is 12.1. The lowest BCUT2D eigenvalue weighted by Gasteiger charge is -2.08. The lowest BCUT2D eigenvalue weighted by Crippen LogP contribution is -2.26. The minimum Gasteiger partial charge on any atom is -0.464 e. The van der Waals surface area contributed by atoms with Gasteiger partial charge in [0.25, 0.3) is 5.56 Å². The molecule has 0 spiro atoms. The number of methoxy groups -OCH3 is 1. The van der Waals surface area contributed by atoms with E-state index in [0.717, 1.165) is 6.42 Å². The van der Waals surface area contributed by atoms with Crippen molar-refractivity contribution >= 4 is 16.7 Å². The van der Waals surface area contributed by atoms with Gasteiger partial charge in [-0.25, -0.2) is 9.48 Å². The molecule has 0 unspecified atom stereocenters. The zero-order chi connectivity index (χ0) is 13.1. The second-order valence-electron chi connectivity index (χ2n) is 3.91. The molecule has 0 saturated carbocycles. The van der Waals surface area contributed by atoms with E-state index in [1.165, 1.54) is 11.8 Å². The Balaban J connectivity index is 2.80. The predicted octanol–water partition coefficient (Wildman–Crippen LogP) is 1.59. The molecule has 1 heterocycles. The van der Waals surface area contributed by atoms with E-state index in [-0.39, 0.29) is 11.3 Å². The van der Waals surface area contributed by atoms with Gasteiger partial charge in [0.05, 0.1) is 12.5 Å². The maximum atomic E-state index is 12.1. The van der Waals surface area contributed by atoms with Crippen molar-refractivity contribution in [1.82, 2.24) is 9.78 Å². The quantitative estimate of drug-likeness (QED) is 0.772. The summed E-state index contributed by atoms with van der Waals surface area (Å²) in [6, 6.07) is 6.92. The summed E-state index contributed by atoms with van der Waals surface area (Å²) in [4.78, 5) is 23.8. The van der Waals surface area contributed by atoms with Gasteiger partial charge < -0.3 is 4.74 Å². The number of hydrogen-bond donors (Lipinski definition) is 0. The fourth-order valence-electron chi connectivity index (χ4n) is 1.85. The van der Waals surface area contributed by atoms with Crippen LogP contribution < -0.4 is 5.56 Å². The number of carbonyl (C=O) groups is 1. The summed E-state index contributed by atoms with van der Waals surface area (Å²) in [5.74, 6) is -0.531. The van der Waals surface area contributed by atoms with Crippen LogP contribution in [0.15, 0.2) is 29.1 Å². The Morgan fingerprint density at radius 3 is 2.61 bits per heavy atom. The molecule has 94 valence electrons. The number of aromatic nitrogens is 2. The van der Waals surface area contributed by atoms with Gasteiger partial charge in [-0.05, 0) is 12.5 Å². The molecule has 2 aromatic rings. The van der Waals surface area contributed by atoms with Crippen LogP contribution >= 0.6 is 0 Å². The molecule has 0 bridgehead atoms. The van der Waals surface area contributed by atoms with Crippen LogP contribution in [0.2, 0.25) is 0 Å². The number of carbonyl (C=O) groups excluding carboxylic acids is 1. The second-order valence-corrected chi connectivity index (χ2v) is 3.91. The molecule has 0 aliphatic heterocycles. The average molecular weight is 246 g/mol. The number of ether oxygens (including phenoxy) is 1. The van der Waals surface area contributed by atoms with Gasteiger partial charge >= 0.3 is 5.97 Å². The largest absolute Gasteiger partial charge is 0.464 e. The third-order valence-corrected chi connectivity index (χ3v) is 2.68. The van der Waals surface area contributed by atoms with E-state index in [1.807, 2.05) is 6.92 Å². The molecule has 18 heavy (non-hydrogen) atoms. The van der Waals surface area contributed by atoms with Crippen molar-refractivity contribution < 1.29 is 9.53 Å². The van der Waals surface area contributed by atoms with Crippen LogP contribution in [0.25, 0.3) is 10.8 Å². The van der Waals surface area contributed by atoms with Crippen LogP contribution in [0.5, 0.6) is 0 Å². The van der Waals surface area contributed by atoms with Crippen molar-refractivity contribution in [2.45, 2.75) is 19.9 Å². The first-order chi connectivity index (χ1) is 8.69. The van der Waals surface area contributed by atoms with Crippen molar-refractivity contribution in [3.8, 4) is 0 Å². The fourth-order valence-corrected chi connectivity index (χ4v) is 1.85. The molecule has 0 saturated heterocycles. The number of esters is 1. The van der Waals surface area contributed by atoms with Gasteiger partial charge in [0.2, 0.25) is 0 Å². The molecule has 2 rings (SSSR count). The third kappa shape index (κ3) is 1.99. The number of aryl methyl sites for hydroxylation is 1. The van der Waals surface area contributed by atoms with Gasteiger partial charge in [0, 0.05) is 11.9 Å². The summed E-state index contributed by atoms with van der Waals surface area (Å²) in [6.45, 7) is 2.43. The van der Waals surface area contributed by atoms with Crippen LogP contribution in [-0.2, 0) is 11.3 Å². The Morgan fingerprint density at radius 1 is 1.33 bits per heavy atom. The van der Waals surface area contributed by atoms with E-state index in [1.54, 1.807) is 24.3 Å². The van der Waals surface area contributed by atoms with Crippen molar-refractivity contribution in [2.24, 2.45) is 0 Å². The van der Waals surface area contributed by atoms with Crippen molar-refractivity contribution in [2.75, 3.05) is 7.11 Å². The number of benzene rings is 1. The monoisotopic (exact) mass is 246 g/mol. The summed E-state index contributed by atoms with van der Waals surface area (Å²) < 4.78 is 6.01. The number of fused-ring (bicyclic) bond motifs is 1. The SMILES string of the molecule is CCCn1nc(C(=O)OC)c2ccccc2c1=O. The zero-order valence-corrected chi connectivity index (χ0v) is 10.3. The number of rotatable bonds is 3. The van der Waals surface area contributed by atoms with Crippen LogP contribution in [0, 0.1) is 0 Å². The van der Waals surface area contributed by atoms with Crippen molar-refractivity contribution in [3.05, 3.63) is 40.3 Å². The first-order valence-electron chi connectivity index (χ1n) is 5.77. The minimum absolute atomic E-state index is 0.180. The van der Waals surface area contributed by atoms with Crippen molar-refractivity contribution in [3.63, 3.8) is 0 Å². The first-order valence-corrected chi connectivity index (χ1v) is 5.77. The van der Waals surface area contributed by atoms with Crippen molar-refractivity contribution in [1.29, 1.82) is 0 Å². The molecule has 1 aromatic carbocycles. The lowest BCUT2D eigenvalue weighted by atomic mass is 10.1. The summed E-state index contributed by atoms with van der Waals surface area (Å²) in [6.07, 6.45) is 0.770. The van der Waals surface area contributed by atoms with Gasteiger partial charge in [-0.15, -0.1) is 0 Å². The summed E-state index contributed by atoms with van der Waals surface area (Å²) in [5, 5.41) is 5.11. The lowest BCUT2D eigenvalue weighted by molar-refractivity contribution is 0.0593. The van der Waals surface area contributed by atoms with Crippen LogP contribution in [0.1, 0.15) is 23.8 Å². The molecule has 0 aliphatic rings. The normalized spacial score (nSPS) is 10.6. The number of hydrogen-bond acceptors (Lipinski definition) is 4. The summed E-state index contributed by atoms with van der Waals surface area (Å²) in [5.41, 5.74) is 0.00116. The van der Waals surface area contributed by atoms with E-state index >= 15 is 0 Å². The molecule has 5 nitrogen and oxygen atoms in total. The van der Waals surface area contributed by atoms with Gasteiger partial charge in [-0.1, -0.05) is 25.1 Å². The molecule has 0 aliphatic carbocycles. The Kier molecular flexibility index (Phi) is 3.41. The average Bonchev–Trinajstić information content (AvgIpc) is 2.41. The molecular formula is C13H14N2O3. The maximum Gasteiger partial charge on any atom is 0.359 e. The Labute approximate surface area is 104 Å². The Hall–Kier alpha value is -2.17. The molecule has 0 atom stereocenters. The molecule has 0 amide bonds. The topological polar surface area (TPSA) is 61.2 Å². The van der Waals surface area contributed by atoms with E-state index < -0.39 is 5.97 Å². The van der Waals surface area contributed by atoms with Gasteiger partial charge in [-0.3, -0.25) is 4.79 Å². The highest BCUT2D eigenvalue weighted by molar-refractivity contribution is 6.01. The molecule has 0 radical (unpaired) electrons. The highest BCUT2D eigenvalue weighted by Gasteiger charge is 2.16. The summed E-state index contributed by atoms with van der Waals surface area (Å²) in [7, 11) is 1.30. The zero-order valence-electron chi connectivity index (χ0n) is 10.3. The predicted molar refractivity (Wildman–Crippen MR) is 67.6 cm³/mol. The first kappa shape index (κ1) is 12.3. The third-order valence-electron chi connectivity index (χ3n) is 2.68. The molecule has 0 fully saturated rings. The second kappa shape index (κ2) is 5.00. The molecule has 1 aromatic heterocycles. The van der Waals surface area contributed by atoms with Gasteiger partial charge in [0.1, 0.15) is 0 Å². The van der Waals surface area contributed by atoms with E-state index in [2.05, 4.69) is 5.10 Å².